The van der Waals surface area contributed by atoms with Gasteiger partial charge in [-0.05, 0) is 53.6 Å². The van der Waals surface area contributed by atoms with Crippen molar-refractivity contribution in [2.75, 3.05) is 0 Å². The predicted octanol–water partition coefficient (Wildman–Crippen LogP) is 3.93. The molecule has 0 amide bonds. The molecule has 2 heteroatoms. The summed E-state index contributed by atoms with van der Waals surface area (Å²) >= 11 is 0. The maximum atomic E-state index is 13.3. The van der Waals surface area contributed by atoms with Crippen LogP contribution in [0.15, 0.2) is 42.5 Å². The molecule has 3 rings (SSSR count). The number of nitrogens with two attached hydrogens (primary N) is 1. The molecule has 2 aromatic carbocycles. The van der Waals surface area contributed by atoms with Gasteiger partial charge >= 0.3 is 0 Å². The van der Waals surface area contributed by atoms with E-state index in [4.69, 9.17) is 5.73 Å². The summed E-state index contributed by atoms with van der Waals surface area (Å²) in [5.41, 5.74) is 10.8. The second-order valence-electron chi connectivity index (χ2n) is 5.72. The van der Waals surface area contributed by atoms with E-state index in [-0.39, 0.29) is 5.82 Å². The van der Waals surface area contributed by atoms with Gasteiger partial charge in [-0.15, -0.1) is 0 Å². The lowest BCUT2D eigenvalue weighted by Crippen LogP contribution is -2.35. The monoisotopic (exact) mass is 269 g/mol. The molecular weight excluding hydrogens is 249 g/mol. The molecule has 2 N–H and O–H groups in total. The Hall–Kier alpha value is -1.67. The number of hydrogen-bond acceptors (Lipinski definition) is 1. The van der Waals surface area contributed by atoms with Crippen molar-refractivity contribution in [3.05, 3.63) is 70.5 Å². The number of fused-ring (bicyclic) bond motifs is 1. The normalized spacial score (nSPS) is 20.9. The average molecular weight is 269 g/mol. The smallest absolute Gasteiger partial charge is 0.123 e. The van der Waals surface area contributed by atoms with Crippen LogP contribution in [0.3, 0.4) is 0 Å². The molecule has 0 radical (unpaired) electrons. The molecule has 1 aliphatic carbocycles. The van der Waals surface area contributed by atoms with Crippen molar-refractivity contribution in [1.82, 2.24) is 0 Å². The first-order chi connectivity index (χ1) is 9.63. The highest BCUT2D eigenvalue weighted by Crippen LogP contribution is 2.40. The van der Waals surface area contributed by atoms with Crippen molar-refractivity contribution in [1.29, 1.82) is 0 Å². The number of aryl methyl sites for hydroxylation is 2. The fourth-order valence-corrected chi connectivity index (χ4v) is 3.23. The molecule has 0 heterocycles. The van der Waals surface area contributed by atoms with Crippen LogP contribution in [-0.4, -0.2) is 0 Å². The zero-order valence-electron chi connectivity index (χ0n) is 11.8. The van der Waals surface area contributed by atoms with E-state index < -0.39 is 5.54 Å². The first-order valence-corrected chi connectivity index (χ1v) is 7.30. The Morgan fingerprint density at radius 2 is 1.90 bits per heavy atom. The van der Waals surface area contributed by atoms with E-state index in [2.05, 4.69) is 31.2 Å². The van der Waals surface area contributed by atoms with Crippen LogP contribution in [0.1, 0.15) is 42.0 Å². The molecule has 1 unspecified atom stereocenters. The molecule has 2 aromatic rings. The summed E-state index contributed by atoms with van der Waals surface area (Å²) < 4.78 is 13.3. The summed E-state index contributed by atoms with van der Waals surface area (Å²) in [5, 5.41) is 0. The summed E-state index contributed by atoms with van der Waals surface area (Å²) in [6, 6.07) is 13.6. The van der Waals surface area contributed by atoms with E-state index in [0.29, 0.717) is 0 Å². The van der Waals surface area contributed by atoms with Gasteiger partial charge in [-0.3, -0.25) is 0 Å². The van der Waals surface area contributed by atoms with Gasteiger partial charge in [0.1, 0.15) is 5.82 Å². The first kappa shape index (κ1) is 13.3. The standard InChI is InChI=1S/C18H20FN/c1-2-3-13-4-6-15(7-5-13)18(20)11-10-14-12-16(19)8-9-17(14)18/h4-9,12H,2-3,10-11,20H2,1H3. The van der Waals surface area contributed by atoms with Crippen molar-refractivity contribution in [3.8, 4) is 0 Å². The van der Waals surface area contributed by atoms with Crippen LogP contribution in [0, 0.1) is 5.82 Å². The third-order valence-electron chi connectivity index (χ3n) is 4.34. The Kier molecular flexibility index (Phi) is 3.35. The minimum Gasteiger partial charge on any atom is -0.318 e. The zero-order valence-corrected chi connectivity index (χ0v) is 11.8. The van der Waals surface area contributed by atoms with E-state index in [0.717, 1.165) is 42.4 Å². The largest absolute Gasteiger partial charge is 0.318 e. The highest BCUT2D eigenvalue weighted by atomic mass is 19.1. The maximum absolute atomic E-state index is 13.3. The van der Waals surface area contributed by atoms with Crippen LogP contribution in [0.2, 0.25) is 0 Å². The SMILES string of the molecule is CCCc1ccc(C2(N)CCc3cc(F)ccc32)cc1. The van der Waals surface area contributed by atoms with Gasteiger partial charge in [-0.25, -0.2) is 4.39 Å². The quantitative estimate of drug-likeness (QED) is 0.897. The minimum atomic E-state index is -0.465. The maximum Gasteiger partial charge on any atom is 0.123 e. The minimum absolute atomic E-state index is 0.175. The molecule has 0 bridgehead atoms. The number of benzene rings is 2. The van der Waals surface area contributed by atoms with Gasteiger partial charge in [0.25, 0.3) is 0 Å². The third-order valence-corrected chi connectivity index (χ3v) is 4.34. The van der Waals surface area contributed by atoms with Gasteiger partial charge < -0.3 is 5.73 Å². The van der Waals surface area contributed by atoms with Crippen molar-refractivity contribution in [3.63, 3.8) is 0 Å². The molecule has 0 spiro atoms. The summed E-state index contributed by atoms with van der Waals surface area (Å²) in [6.45, 7) is 2.18. The Labute approximate surface area is 119 Å². The lowest BCUT2D eigenvalue weighted by Gasteiger charge is -2.26. The highest BCUT2D eigenvalue weighted by Gasteiger charge is 2.36. The molecule has 1 aliphatic rings. The fraction of sp³-hybridized carbons (Fsp3) is 0.333. The fourth-order valence-electron chi connectivity index (χ4n) is 3.23. The van der Waals surface area contributed by atoms with E-state index in [1.165, 1.54) is 11.6 Å². The van der Waals surface area contributed by atoms with E-state index >= 15 is 0 Å². The lowest BCUT2D eigenvalue weighted by atomic mass is 9.84. The number of halogens is 1. The van der Waals surface area contributed by atoms with Crippen molar-refractivity contribution >= 4 is 0 Å². The molecule has 1 nitrogen and oxygen atoms in total. The van der Waals surface area contributed by atoms with Gasteiger partial charge in [0.05, 0.1) is 5.54 Å². The summed E-state index contributed by atoms with van der Waals surface area (Å²) in [5.74, 6) is -0.175. The van der Waals surface area contributed by atoms with E-state index in [1.54, 1.807) is 6.07 Å². The van der Waals surface area contributed by atoms with Gasteiger partial charge in [-0.1, -0.05) is 43.7 Å². The van der Waals surface area contributed by atoms with Gasteiger partial charge in [0, 0.05) is 0 Å². The van der Waals surface area contributed by atoms with E-state index in [1.807, 2.05) is 6.07 Å². The van der Waals surface area contributed by atoms with Crippen LogP contribution in [0.4, 0.5) is 4.39 Å². The van der Waals surface area contributed by atoms with Crippen molar-refractivity contribution in [2.45, 2.75) is 38.1 Å². The van der Waals surface area contributed by atoms with Gasteiger partial charge in [-0.2, -0.15) is 0 Å². The van der Waals surface area contributed by atoms with Crippen LogP contribution in [0.5, 0.6) is 0 Å². The molecular formula is C18H20FN. The molecule has 0 aliphatic heterocycles. The number of rotatable bonds is 3. The average Bonchev–Trinajstić information content (AvgIpc) is 2.78. The topological polar surface area (TPSA) is 26.0 Å². The predicted molar refractivity (Wildman–Crippen MR) is 80.1 cm³/mol. The molecule has 0 fully saturated rings. The summed E-state index contributed by atoms with van der Waals surface area (Å²) in [4.78, 5) is 0. The van der Waals surface area contributed by atoms with Crippen LogP contribution >= 0.6 is 0 Å². The zero-order chi connectivity index (χ0) is 14.2. The molecule has 104 valence electrons. The van der Waals surface area contributed by atoms with Crippen LogP contribution in [-0.2, 0) is 18.4 Å². The lowest BCUT2D eigenvalue weighted by molar-refractivity contribution is 0.534. The molecule has 0 aromatic heterocycles. The summed E-state index contributed by atoms with van der Waals surface area (Å²) in [7, 11) is 0. The molecule has 0 saturated heterocycles. The Bertz CT molecular complexity index is 618. The van der Waals surface area contributed by atoms with Gasteiger partial charge in [0.15, 0.2) is 0 Å². The van der Waals surface area contributed by atoms with Crippen LogP contribution in [0.25, 0.3) is 0 Å². The second kappa shape index (κ2) is 5.02. The van der Waals surface area contributed by atoms with Crippen molar-refractivity contribution in [2.24, 2.45) is 5.73 Å². The van der Waals surface area contributed by atoms with Crippen LogP contribution < -0.4 is 5.73 Å². The van der Waals surface area contributed by atoms with E-state index in [9.17, 15) is 4.39 Å². The Balaban J connectivity index is 1.98. The van der Waals surface area contributed by atoms with Crippen molar-refractivity contribution < 1.29 is 4.39 Å². The Morgan fingerprint density at radius 3 is 2.60 bits per heavy atom. The molecule has 20 heavy (non-hydrogen) atoms. The molecule has 0 saturated carbocycles. The first-order valence-electron chi connectivity index (χ1n) is 7.30. The second-order valence-corrected chi connectivity index (χ2v) is 5.72. The number of hydrogen-bond donors (Lipinski definition) is 1. The van der Waals surface area contributed by atoms with Gasteiger partial charge in [0.2, 0.25) is 0 Å². The third kappa shape index (κ3) is 2.14. The highest BCUT2D eigenvalue weighted by molar-refractivity contribution is 5.47. The summed E-state index contributed by atoms with van der Waals surface area (Å²) in [6.07, 6.45) is 3.94. The molecule has 1 atom stereocenters. The Morgan fingerprint density at radius 1 is 1.15 bits per heavy atom.